The van der Waals surface area contributed by atoms with Crippen molar-refractivity contribution < 1.29 is 14.6 Å². The molecule has 0 amide bonds. The molecule has 0 spiro atoms. The zero-order valence-corrected chi connectivity index (χ0v) is 7.08. The van der Waals surface area contributed by atoms with Crippen LogP contribution in [-0.4, -0.2) is 31.2 Å². The normalized spacial score (nSPS) is 51.8. The van der Waals surface area contributed by atoms with E-state index in [2.05, 4.69) is 0 Å². The van der Waals surface area contributed by atoms with Gasteiger partial charge in [-0.15, -0.1) is 0 Å². The Kier molecular flexibility index (Phi) is 1.23. The molecular formula is C9H14O3. The van der Waals surface area contributed by atoms with E-state index in [9.17, 15) is 0 Å². The molecule has 4 aliphatic rings. The van der Waals surface area contributed by atoms with Crippen molar-refractivity contribution >= 4 is 0 Å². The van der Waals surface area contributed by atoms with E-state index < -0.39 is 0 Å². The average molecular weight is 170 g/mol. The summed E-state index contributed by atoms with van der Waals surface area (Å²) < 4.78 is 11.0. The molecule has 0 unspecified atom stereocenters. The first-order chi connectivity index (χ1) is 5.79. The maximum Gasteiger partial charge on any atom is 0.163 e. The van der Waals surface area contributed by atoms with E-state index in [0.717, 1.165) is 32.5 Å². The lowest BCUT2D eigenvalue weighted by Crippen LogP contribution is -2.68. The van der Waals surface area contributed by atoms with Gasteiger partial charge in [0.2, 0.25) is 0 Å². The largest absolute Gasteiger partial charge is 0.396 e. The van der Waals surface area contributed by atoms with E-state index in [1.165, 1.54) is 0 Å². The molecule has 3 saturated carbocycles. The first kappa shape index (κ1) is 7.30. The summed E-state index contributed by atoms with van der Waals surface area (Å²) in [5.41, 5.74) is 0.578. The zero-order chi connectivity index (χ0) is 8.23. The second kappa shape index (κ2) is 2.03. The Morgan fingerprint density at radius 2 is 1.75 bits per heavy atom. The van der Waals surface area contributed by atoms with Gasteiger partial charge in [0.15, 0.2) is 6.29 Å². The van der Waals surface area contributed by atoms with E-state index in [0.29, 0.717) is 12.0 Å². The number of ether oxygens (including phenoxy) is 2. The molecule has 0 aromatic carbocycles. The molecule has 1 N–H and O–H groups in total. The predicted molar refractivity (Wildman–Crippen MR) is 41.5 cm³/mol. The summed E-state index contributed by atoms with van der Waals surface area (Å²) in [6, 6.07) is 0. The number of rotatable bonds is 2. The van der Waals surface area contributed by atoms with Crippen LogP contribution < -0.4 is 0 Å². The minimum atomic E-state index is 0.0472. The molecular weight excluding hydrogens is 156 g/mol. The van der Waals surface area contributed by atoms with E-state index in [-0.39, 0.29) is 11.7 Å². The summed E-state index contributed by atoms with van der Waals surface area (Å²) >= 11 is 0. The average Bonchev–Trinajstić information content (AvgIpc) is 2.35. The lowest BCUT2D eigenvalue weighted by Gasteiger charge is -2.71. The minimum absolute atomic E-state index is 0.0472. The van der Waals surface area contributed by atoms with Gasteiger partial charge in [0.25, 0.3) is 0 Å². The standard InChI is InChI=1S/C9H14O3/c10-6-8-3-9(4-8,5-8)7-11-1-2-12-7/h7,10H,1-6H2. The number of aliphatic hydroxyl groups is 1. The fraction of sp³-hybridized carbons (Fsp3) is 1.00. The number of aliphatic hydroxyl groups excluding tert-OH is 1. The van der Waals surface area contributed by atoms with Crippen LogP contribution in [0.3, 0.4) is 0 Å². The molecule has 12 heavy (non-hydrogen) atoms. The highest BCUT2D eigenvalue weighted by molar-refractivity contribution is 5.18. The van der Waals surface area contributed by atoms with Crippen LogP contribution in [0.1, 0.15) is 19.3 Å². The van der Waals surface area contributed by atoms with E-state index in [1.54, 1.807) is 0 Å². The molecule has 4 rings (SSSR count). The van der Waals surface area contributed by atoms with E-state index in [1.807, 2.05) is 0 Å². The zero-order valence-electron chi connectivity index (χ0n) is 7.08. The van der Waals surface area contributed by atoms with Crippen LogP contribution in [0.4, 0.5) is 0 Å². The topological polar surface area (TPSA) is 38.7 Å². The van der Waals surface area contributed by atoms with Gasteiger partial charge < -0.3 is 14.6 Å². The SMILES string of the molecule is OCC12CC(C3OCCO3)(C1)C2. The summed E-state index contributed by atoms with van der Waals surface area (Å²) in [7, 11) is 0. The molecule has 2 bridgehead atoms. The Morgan fingerprint density at radius 1 is 1.17 bits per heavy atom. The summed E-state index contributed by atoms with van der Waals surface area (Å²) in [5.74, 6) is 0. The monoisotopic (exact) mass is 170 g/mol. The smallest absolute Gasteiger partial charge is 0.163 e. The highest BCUT2D eigenvalue weighted by atomic mass is 16.7. The fourth-order valence-corrected chi connectivity index (χ4v) is 3.21. The van der Waals surface area contributed by atoms with Crippen molar-refractivity contribution in [3.63, 3.8) is 0 Å². The summed E-state index contributed by atoms with van der Waals surface area (Å²) in [6.07, 6.45) is 3.38. The van der Waals surface area contributed by atoms with Crippen molar-refractivity contribution in [2.45, 2.75) is 25.6 Å². The van der Waals surface area contributed by atoms with Gasteiger partial charge in [0.1, 0.15) is 0 Å². The van der Waals surface area contributed by atoms with Gasteiger partial charge in [-0.05, 0) is 24.7 Å². The molecule has 0 atom stereocenters. The van der Waals surface area contributed by atoms with Crippen molar-refractivity contribution in [2.75, 3.05) is 19.8 Å². The predicted octanol–water partition coefficient (Wildman–Crippen LogP) is 0.522. The Hall–Kier alpha value is -0.120. The second-order valence-electron chi connectivity index (χ2n) is 4.62. The van der Waals surface area contributed by atoms with Crippen LogP contribution in [0.25, 0.3) is 0 Å². The van der Waals surface area contributed by atoms with Crippen LogP contribution in [0.2, 0.25) is 0 Å². The lowest BCUT2D eigenvalue weighted by atomic mass is 9.35. The lowest BCUT2D eigenvalue weighted by molar-refractivity contribution is -0.314. The fourth-order valence-electron chi connectivity index (χ4n) is 3.21. The van der Waals surface area contributed by atoms with Gasteiger partial charge in [-0.3, -0.25) is 0 Å². The molecule has 1 heterocycles. The van der Waals surface area contributed by atoms with Crippen molar-refractivity contribution in [3.8, 4) is 0 Å². The molecule has 3 nitrogen and oxygen atoms in total. The van der Waals surface area contributed by atoms with Crippen molar-refractivity contribution in [1.82, 2.24) is 0 Å². The molecule has 4 fully saturated rings. The molecule has 3 aliphatic carbocycles. The van der Waals surface area contributed by atoms with E-state index in [4.69, 9.17) is 14.6 Å². The van der Waals surface area contributed by atoms with Crippen molar-refractivity contribution in [2.24, 2.45) is 10.8 Å². The van der Waals surface area contributed by atoms with Crippen molar-refractivity contribution in [1.29, 1.82) is 0 Å². The van der Waals surface area contributed by atoms with Crippen molar-refractivity contribution in [3.05, 3.63) is 0 Å². The summed E-state index contributed by atoms with van der Waals surface area (Å²) in [6.45, 7) is 1.85. The molecule has 68 valence electrons. The Labute approximate surface area is 71.7 Å². The third kappa shape index (κ3) is 0.679. The van der Waals surface area contributed by atoms with Crippen LogP contribution in [0.5, 0.6) is 0 Å². The van der Waals surface area contributed by atoms with E-state index >= 15 is 0 Å². The van der Waals surface area contributed by atoms with Gasteiger partial charge in [-0.25, -0.2) is 0 Å². The summed E-state index contributed by atoms with van der Waals surface area (Å²) in [5, 5.41) is 9.06. The highest BCUT2D eigenvalue weighted by Crippen LogP contribution is 2.75. The first-order valence-electron chi connectivity index (χ1n) is 4.63. The Bertz CT molecular complexity index is 188. The van der Waals surface area contributed by atoms with Crippen LogP contribution in [0, 0.1) is 10.8 Å². The Balaban J connectivity index is 1.67. The Morgan fingerprint density at radius 3 is 2.25 bits per heavy atom. The third-order valence-electron chi connectivity index (χ3n) is 3.64. The molecule has 1 aliphatic heterocycles. The second-order valence-corrected chi connectivity index (χ2v) is 4.62. The third-order valence-corrected chi connectivity index (χ3v) is 3.64. The molecule has 0 aromatic heterocycles. The number of hydrogen-bond donors (Lipinski definition) is 1. The van der Waals surface area contributed by atoms with Gasteiger partial charge >= 0.3 is 0 Å². The summed E-state index contributed by atoms with van der Waals surface area (Å²) in [4.78, 5) is 0. The quantitative estimate of drug-likeness (QED) is 0.656. The maximum absolute atomic E-state index is 9.06. The van der Waals surface area contributed by atoms with Crippen LogP contribution in [-0.2, 0) is 9.47 Å². The van der Waals surface area contributed by atoms with Gasteiger partial charge in [0, 0.05) is 12.0 Å². The van der Waals surface area contributed by atoms with Crippen LogP contribution >= 0.6 is 0 Å². The molecule has 0 aromatic rings. The maximum atomic E-state index is 9.06. The first-order valence-corrected chi connectivity index (χ1v) is 4.63. The highest BCUT2D eigenvalue weighted by Gasteiger charge is 2.71. The number of hydrogen-bond acceptors (Lipinski definition) is 3. The molecule has 3 heteroatoms. The van der Waals surface area contributed by atoms with Gasteiger partial charge in [-0.2, -0.15) is 0 Å². The molecule has 0 radical (unpaired) electrons. The van der Waals surface area contributed by atoms with Gasteiger partial charge in [0.05, 0.1) is 13.2 Å². The van der Waals surface area contributed by atoms with Crippen LogP contribution in [0.15, 0.2) is 0 Å². The minimum Gasteiger partial charge on any atom is -0.396 e. The molecule has 1 saturated heterocycles. The van der Waals surface area contributed by atoms with Gasteiger partial charge in [-0.1, -0.05) is 0 Å².